The standard InChI is InChI=1S/C10H13BO/c1-2-3-7-12-10-6-4-5-9(11)8-10/h2,4-6,8H,1,3,7,11H2. The van der Waals surface area contributed by atoms with Crippen LogP contribution in [0.2, 0.25) is 0 Å². The van der Waals surface area contributed by atoms with Crippen molar-refractivity contribution in [3.8, 4) is 5.75 Å². The topological polar surface area (TPSA) is 9.23 Å². The SMILES string of the molecule is Bc1cccc(OCCC=C)c1. The van der Waals surface area contributed by atoms with Crippen molar-refractivity contribution < 1.29 is 4.74 Å². The Hall–Kier alpha value is -1.18. The summed E-state index contributed by atoms with van der Waals surface area (Å²) in [6.45, 7) is 4.34. The smallest absolute Gasteiger partial charge is 0.139 e. The molecule has 12 heavy (non-hydrogen) atoms. The Balaban J connectivity index is 2.46. The molecule has 0 radical (unpaired) electrons. The molecule has 0 atom stereocenters. The Kier molecular flexibility index (Phi) is 3.46. The zero-order chi connectivity index (χ0) is 8.81. The van der Waals surface area contributed by atoms with Gasteiger partial charge in [-0.15, -0.1) is 6.58 Å². The molecule has 0 aliphatic rings. The summed E-state index contributed by atoms with van der Waals surface area (Å²) >= 11 is 0. The molecule has 0 unspecified atom stereocenters. The molecule has 1 rings (SSSR count). The lowest BCUT2D eigenvalue weighted by Gasteiger charge is -2.04. The molecule has 1 aromatic carbocycles. The number of ether oxygens (including phenoxy) is 1. The quantitative estimate of drug-likeness (QED) is 0.361. The van der Waals surface area contributed by atoms with Gasteiger partial charge in [-0.05, 0) is 18.6 Å². The third kappa shape index (κ3) is 2.83. The van der Waals surface area contributed by atoms with Crippen LogP contribution in [-0.4, -0.2) is 14.5 Å². The lowest BCUT2D eigenvalue weighted by Crippen LogP contribution is -2.03. The Morgan fingerprint density at radius 3 is 3.00 bits per heavy atom. The van der Waals surface area contributed by atoms with E-state index in [0.717, 1.165) is 12.2 Å². The van der Waals surface area contributed by atoms with Crippen molar-refractivity contribution in [1.82, 2.24) is 0 Å². The van der Waals surface area contributed by atoms with Crippen molar-refractivity contribution in [2.75, 3.05) is 6.61 Å². The predicted octanol–water partition coefficient (Wildman–Crippen LogP) is 0.900. The predicted molar refractivity (Wildman–Crippen MR) is 54.9 cm³/mol. The first-order chi connectivity index (χ1) is 5.83. The van der Waals surface area contributed by atoms with Gasteiger partial charge in [-0.1, -0.05) is 23.7 Å². The van der Waals surface area contributed by atoms with Gasteiger partial charge in [0.05, 0.1) is 6.61 Å². The van der Waals surface area contributed by atoms with Gasteiger partial charge in [0.15, 0.2) is 0 Å². The van der Waals surface area contributed by atoms with Crippen molar-refractivity contribution in [1.29, 1.82) is 0 Å². The van der Waals surface area contributed by atoms with E-state index in [1.165, 1.54) is 5.46 Å². The average molecular weight is 160 g/mol. The molecule has 0 amide bonds. The molecule has 0 N–H and O–H groups in total. The van der Waals surface area contributed by atoms with Crippen LogP contribution in [0.15, 0.2) is 36.9 Å². The highest BCUT2D eigenvalue weighted by Gasteiger charge is 1.91. The molecule has 0 aromatic heterocycles. The highest BCUT2D eigenvalue weighted by molar-refractivity contribution is 6.32. The Morgan fingerprint density at radius 2 is 2.33 bits per heavy atom. The Labute approximate surface area is 74.5 Å². The van der Waals surface area contributed by atoms with Crippen LogP contribution in [0.5, 0.6) is 5.75 Å². The van der Waals surface area contributed by atoms with Crippen LogP contribution < -0.4 is 10.2 Å². The Bertz CT molecular complexity index is 258. The van der Waals surface area contributed by atoms with E-state index in [1.54, 1.807) is 0 Å². The molecule has 0 saturated carbocycles. The molecule has 2 heteroatoms. The zero-order valence-corrected chi connectivity index (χ0v) is 7.42. The summed E-state index contributed by atoms with van der Waals surface area (Å²) in [5.74, 6) is 0.942. The van der Waals surface area contributed by atoms with Gasteiger partial charge in [0, 0.05) is 0 Å². The van der Waals surface area contributed by atoms with E-state index in [9.17, 15) is 0 Å². The second-order valence-corrected chi connectivity index (χ2v) is 2.74. The van der Waals surface area contributed by atoms with Gasteiger partial charge in [0.1, 0.15) is 13.6 Å². The fraction of sp³-hybridized carbons (Fsp3) is 0.200. The summed E-state index contributed by atoms with van der Waals surface area (Å²) in [6.07, 6.45) is 2.75. The fourth-order valence-electron chi connectivity index (χ4n) is 0.965. The molecule has 1 nitrogen and oxygen atoms in total. The summed E-state index contributed by atoms with van der Waals surface area (Å²) in [4.78, 5) is 0. The van der Waals surface area contributed by atoms with Crippen molar-refractivity contribution >= 4 is 13.3 Å². The van der Waals surface area contributed by atoms with E-state index in [4.69, 9.17) is 4.74 Å². The second-order valence-electron chi connectivity index (χ2n) is 2.74. The summed E-state index contributed by atoms with van der Waals surface area (Å²) in [7, 11) is 2.06. The van der Waals surface area contributed by atoms with Gasteiger partial charge in [-0.25, -0.2) is 0 Å². The number of hydrogen-bond donors (Lipinski definition) is 0. The van der Waals surface area contributed by atoms with E-state index in [-0.39, 0.29) is 0 Å². The lowest BCUT2D eigenvalue weighted by molar-refractivity contribution is 0.325. The molecule has 0 fully saturated rings. The minimum atomic E-state index is 0.715. The molecule has 0 bridgehead atoms. The molecule has 0 saturated heterocycles. The zero-order valence-electron chi connectivity index (χ0n) is 7.42. The number of benzene rings is 1. The van der Waals surface area contributed by atoms with Crippen molar-refractivity contribution in [2.45, 2.75) is 6.42 Å². The second kappa shape index (κ2) is 4.65. The monoisotopic (exact) mass is 160 g/mol. The van der Waals surface area contributed by atoms with Crippen LogP contribution in [0, 0.1) is 0 Å². The van der Waals surface area contributed by atoms with Crippen LogP contribution >= 0.6 is 0 Å². The fourth-order valence-corrected chi connectivity index (χ4v) is 0.965. The molecule has 0 aliphatic carbocycles. The van der Waals surface area contributed by atoms with E-state index in [1.807, 2.05) is 24.3 Å². The molecular formula is C10H13BO. The van der Waals surface area contributed by atoms with Crippen molar-refractivity contribution in [3.05, 3.63) is 36.9 Å². The number of rotatable bonds is 4. The highest BCUT2D eigenvalue weighted by atomic mass is 16.5. The third-order valence-electron chi connectivity index (χ3n) is 1.58. The lowest BCUT2D eigenvalue weighted by atomic mass is 9.96. The maximum atomic E-state index is 5.46. The molecule has 62 valence electrons. The van der Waals surface area contributed by atoms with Gasteiger partial charge in [0.25, 0.3) is 0 Å². The largest absolute Gasteiger partial charge is 0.493 e. The normalized spacial score (nSPS) is 9.33. The highest BCUT2D eigenvalue weighted by Crippen LogP contribution is 2.06. The number of hydrogen-bond acceptors (Lipinski definition) is 1. The van der Waals surface area contributed by atoms with Crippen molar-refractivity contribution in [3.63, 3.8) is 0 Å². The van der Waals surface area contributed by atoms with Gasteiger partial charge in [-0.2, -0.15) is 0 Å². The molecular weight excluding hydrogens is 147 g/mol. The summed E-state index contributed by atoms with van der Waals surface area (Å²) < 4.78 is 5.46. The molecule has 1 aromatic rings. The van der Waals surface area contributed by atoms with Gasteiger partial charge in [0.2, 0.25) is 0 Å². The summed E-state index contributed by atoms with van der Waals surface area (Å²) in [5, 5.41) is 0. The van der Waals surface area contributed by atoms with Crippen molar-refractivity contribution in [2.24, 2.45) is 0 Å². The van der Waals surface area contributed by atoms with Crippen LogP contribution in [0.3, 0.4) is 0 Å². The third-order valence-corrected chi connectivity index (χ3v) is 1.58. The van der Waals surface area contributed by atoms with E-state index in [2.05, 4.69) is 20.5 Å². The van der Waals surface area contributed by atoms with E-state index in [0.29, 0.717) is 6.61 Å². The van der Waals surface area contributed by atoms with E-state index < -0.39 is 0 Å². The minimum Gasteiger partial charge on any atom is -0.493 e. The van der Waals surface area contributed by atoms with Gasteiger partial charge >= 0.3 is 0 Å². The molecule has 0 spiro atoms. The molecule has 0 heterocycles. The van der Waals surface area contributed by atoms with Gasteiger partial charge in [-0.3, -0.25) is 0 Å². The summed E-state index contributed by atoms with van der Waals surface area (Å²) in [5.41, 5.74) is 1.23. The first-order valence-electron chi connectivity index (χ1n) is 4.13. The summed E-state index contributed by atoms with van der Waals surface area (Å²) in [6, 6.07) is 8.05. The Morgan fingerprint density at radius 1 is 1.50 bits per heavy atom. The maximum Gasteiger partial charge on any atom is 0.139 e. The van der Waals surface area contributed by atoms with Crippen LogP contribution in [0.1, 0.15) is 6.42 Å². The average Bonchev–Trinajstić information content (AvgIpc) is 2.05. The minimum absolute atomic E-state index is 0.715. The maximum absolute atomic E-state index is 5.46. The van der Waals surface area contributed by atoms with Crippen LogP contribution in [0.25, 0.3) is 0 Å². The van der Waals surface area contributed by atoms with Gasteiger partial charge < -0.3 is 4.74 Å². The van der Waals surface area contributed by atoms with Crippen LogP contribution in [-0.2, 0) is 0 Å². The first kappa shape index (κ1) is 8.92. The van der Waals surface area contributed by atoms with E-state index >= 15 is 0 Å². The molecule has 0 aliphatic heterocycles. The van der Waals surface area contributed by atoms with Crippen LogP contribution in [0.4, 0.5) is 0 Å². The first-order valence-corrected chi connectivity index (χ1v) is 4.13.